The quantitative estimate of drug-likeness (QED) is 0.540. The molecule has 1 aliphatic carbocycles. The number of alkyl halides is 2. The summed E-state index contributed by atoms with van der Waals surface area (Å²) < 4.78 is 42.1. The molecule has 0 unspecified atom stereocenters. The molecule has 5 nitrogen and oxygen atoms in total. The van der Waals surface area contributed by atoms with E-state index in [1.165, 1.54) is 25.0 Å². The van der Waals surface area contributed by atoms with E-state index in [1.54, 1.807) is 23.0 Å². The maximum atomic E-state index is 13.5. The number of halogens is 3. The molecule has 5 rings (SSSR count). The number of anilines is 1. The fourth-order valence-corrected chi connectivity index (χ4v) is 4.79. The summed E-state index contributed by atoms with van der Waals surface area (Å²) in [7, 11) is 0. The molecular formula is C25H27F3N4O. The number of rotatable bonds is 7. The molecule has 0 bridgehead atoms. The van der Waals surface area contributed by atoms with E-state index in [0.29, 0.717) is 25.8 Å². The Kier molecular flexibility index (Phi) is 5.54. The van der Waals surface area contributed by atoms with Gasteiger partial charge in [0.05, 0.1) is 23.4 Å². The molecule has 1 N–H and O–H groups in total. The van der Waals surface area contributed by atoms with Crippen LogP contribution in [0.5, 0.6) is 0 Å². The SMILES string of the molecule is CC(F)(F)C(=O)N[C@@H]1CCN(c2ccc3c(cnn3-c3ccc(F)cc3)c2)[C@@H]1CCC1CC1. The number of carbonyl (C=O) groups is 1. The van der Waals surface area contributed by atoms with Crippen LogP contribution in [-0.4, -0.2) is 40.2 Å². The van der Waals surface area contributed by atoms with Gasteiger partial charge in [-0.15, -0.1) is 0 Å². The lowest BCUT2D eigenvalue weighted by Crippen LogP contribution is -2.49. The predicted octanol–water partition coefficient (Wildman–Crippen LogP) is 5.07. The highest BCUT2D eigenvalue weighted by molar-refractivity contribution is 5.85. The molecular weight excluding hydrogens is 429 g/mol. The summed E-state index contributed by atoms with van der Waals surface area (Å²) >= 11 is 0. The van der Waals surface area contributed by atoms with Gasteiger partial charge in [-0.25, -0.2) is 9.07 Å². The summed E-state index contributed by atoms with van der Waals surface area (Å²) in [6.07, 6.45) is 6.76. The number of benzene rings is 2. The minimum atomic E-state index is -3.39. The van der Waals surface area contributed by atoms with Crippen LogP contribution >= 0.6 is 0 Å². The number of hydrogen-bond donors (Lipinski definition) is 1. The van der Waals surface area contributed by atoms with Crippen LogP contribution in [0.25, 0.3) is 16.6 Å². The van der Waals surface area contributed by atoms with Crippen LogP contribution in [0.1, 0.15) is 39.0 Å². The van der Waals surface area contributed by atoms with Crippen LogP contribution in [0.4, 0.5) is 18.9 Å². The molecule has 1 saturated heterocycles. The summed E-state index contributed by atoms with van der Waals surface area (Å²) in [5.74, 6) is -4.18. The third-order valence-electron chi connectivity index (χ3n) is 6.78. The topological polar surface area (TPSA) is 50.2 Å². The lowest BCUT2D eigenvalue weighted by molar-refractivity contribution is -0.143. The molecule has 8 heteroatoms. The molecule has 2 fully saturated rings. The highest BCUT2D eigenvalue weighted by Gasteiger charge is 2.40. The standard InChI is InChI=1S/C25H27F3N4O/c1-25(27,28)24(33)30-21-12-13-31(23(21)10-4-16-2-3-16)20-9-11-22-17(14-20)15-29-32(22)19-7-5-18(26)6-8-19/h5-9,11,14-16,21,23H,2-4,10,12-13H2,1H3,(H,30,33)/t21-,23-/m1/s1. The van der Waals surface area contributed by atoms with Crippen molar-refractivity contribution in [3.63, 3.8) is 0 Å². The van der Waals surface area contributed by atoms with Crippen LogP contribution in [0.2, 0.25) is 0 Å². The van der Waals surface area contributed by atoms with E-state index in [-0.39, 0.29) is 17.9 Å². The normalized spacial score (nSPS) is 21.0. The molecule has 1 aromatic heterocycles. The smallest absolute Gasteiger partial charge is 0.321 e. The van der Waals surface area contributed by atoms with E-state index in [4.69, 9.17) is 0 Å². The van der Waals surface area contributed by atoms with Gasteiger partial charge in [-0.3, -0.25) is 4.79 Å². The first-order valence-electron chi connectivity index (χ1n) is 11.5. The number of amides is 1. The summed E-state index contributed by atoms with van der Waals surface area (Å²) in [6, 6.07) is 11.9. The van der Waals surface area contributed by atoms with E-state index in [0.717, 1.165) is 35.1 Å². The second-order valence-corrected chi connectivity index (χ2v) is 9.31. The molecule has 2 heterocycles. The Bertz CT molecular complexity index is 1150. The Morgan fingerprint density at radius 3 is 2.52 bits per heavy atom. The number of fused-ring (bicyclic) bond motifs is 1. The number of nitrogens with one attached hydrogen (secondary N) is 1. The molecule has 2 atom stereocenters. The number of aromatic nitrogens is 2. The summed E-state index contributed by atoms with van der Waals surface area (Å²) in [5.41, 5.74) is 2.66. The van der Waals surface area contributed by atoms with E-state index >= 15 is 0 Å². The molecule has 33 heavy (non-hydrogen) atoms. The molecule has 0 radical (unpaired) electrons. The van der Waals surface area contributed by atoms with Gasteiger partial charge < -0.3 is 10.2 Å². The van der Waals surface area contributed by atoms with Crippen molar-refractivity contribution in [3.8, 4) is 5.69 Å². The average molecular weight is 457 g/mol. The minimum absolute atomic E-state index is 0.0264. The average Bonchev–Trinajstić information content (AvgIpc) is 3.38. The van der Waals surface area contributed by atoms with Crippen molar-refractivity contribution in [2.24, 2.45) is 5.92 Å². The molecule has 174 valence electrons. The molecule has 0 spiro atoms. The highest BCUT2D eigenvalue weighted by Crippen LogP contribution is 2.38. The Morgan fingerprint density at radius 2 is 1.82 bits per heavy atom. The summed E-state index contributed by atoms with van der Waals surface area (Å²) in [4.78, 5) is 14.2. The van der Waals surface area contributed by atoms with Gasteiger partial charge in [0, 0.05) is 30.6 Å². The van der Waals surface area contributed by atoms with Crippen LogP contribution in [0.3, 0.4) is 0 Å². The van der Waals surface area contributed by atoms with Gasteiger partial charge in [-0.1, -0.05) is 12.8 Å². The van der Waals surface area contributed by atoms with Gasteiger partial charge in [-0.2, -0.15) is 13.9 Å². The second kappa shape index (κ2) is 8.39. The molecule has 2 aliphatic rings. The molecule has 3 aromatic rings. The summed E-state index contributed by atoms with van der Waals surface area (Å²) in [6.45, 7) is 1.33. The van der Waals surface area contributed by atoms with Gasteiger partial charge >= 0.3 is 5.92 Å². The van der Waals surface area contributed by atoms with Gasteiger partial charge in [0.25, 0.3) is 5.91 Å². The Balaban J connectivity index is 1.40. The second-order valence-electron chi connectivity index (χ2n) is 9.31. The van der Waals surface area contributed by atoms with Crippen molar-refractivity contribution in [2.75, 3.05) is 11.4 Å². The van der Waals surface area contributed by atoms with Crippen molar-refractivity contribution < 1.29 is 18.0 Å². The highest BCUT2D eigenvalue weighted by atomic mass is 19.3. The number of carbonyl (C=O) groups excluding carboxylic acids is 1. The van der Waals surface area contributed by atoms with Crippen molar-refractivity contribution >= 4 is 22.5 Å². The van der Waals surface area contributed by atoms with E-state index < -0.39 is 11.8 Å². The zero-order valence-electron chi connectivity index (χ0n) is 18.5. The molecule has 1 amide bonds. The monoisotopic (exact) mass is 456 g/mol. The lowest BCUT2D eigenvalue weighted by Gasteiger charge is -2.31. The van der Waals surface area contributed by atoms with E-state index in [9.17, 15) is 18.0 Å². The largest absolute Gasteiger partial charge is 0.366 e. The van der Waals surface area contributed by atoms with Gasteiger partial charge in [0.15, 0.2) is 0 Å². The fourth-order valence-electron chi connectivity index (χ4n) is 4.79. The minimum Gasteiger partial charge on any atom is -0.366 e. The number of nitrogens with zero attached hydrogens (tertiary/aromatic N) is 3. The molecule has 1 aliphatic heterocycles. The molecule has 2 aromatic carbocycles. The van der Waals surface area contributed by atoms with Crippen LogP contribution in [-0.2, 0) is 4.79 Å². The van der Waals surface area contributed by atoms with Crippen LogP contribution in [0.15, 0.2) is 48.7 Å². The van der Waals surface area contributed by atoms with E-state index in [1.807, 2.05) is 18.2 Å². The third-order valence-corrected chi connectivity index (χ3v) is 6.78. The first-order chi connectivity index (χ1) is 15.8. The number of hydrogen-bond acceptors (Lipinski definition) is 3. The van der Waals surface area contributed by atoms with Gasteiger partial charge in [-0.05, 0) is 67.6 Å². The van der Waals surface area contributed by atoms with Crippen molar-refractivity contribution in [1.82, 2.24) is 15.1 Å². The summed E-state index contributed by atoms with van der Waals surface area (Å²) in [5, 5.41) is 8.00. The Labute approximate surface area is 190 Å². The first-order valence-corrected chi connectivity index (χ1v) is 11.5. The van der Waals surface area contributed by atoms with E-state index in [2.05, 4.69) is 15.3 Å². The maximum Gasteiger partial charge on any atom is 0.321 e. The van der Waals surface area contributed by atoms with Gasteiger partial charge in [0.2, 0.25) is 0 Å². The zero-order chi connectivity index (χ0) is 23.2. The first kappa shape index (κ1) is 21.8. The van der Waals surface area contributed by atoms with Crippen molar-refractivity contribution in [3.05, 3.63) is 54.5 Å². The van der Waals surface area contributed by atoms with Gasteiger partial charge in [0.1, 0.15) is 5.82 Å². The zero-order valence-corrected chi connectivity index (χ0v) is 18.5. The van der Waals surface area contributed by atoms with Crippen molar-refractivity contribution in [1.29, 1.82) is 0 Å². The third kappa shape index (κ3) is 4.56. The fraction of sp³-hybridized carbons (Fsp3) is 0.440. The van der Waals surface area contributed by atoms with Crippen LogP contribution in [0, 0.1) is 11.7 Å². The van der Waals surface area contributed by atoms with Crippen molar-refractivity contribution in [2.45, 2.75) is 57.0 Å². The molecule has 1 saturated carbocycles. The predicted molar refractivity (Wildman–Crippen MR) is 121 cm³/mol. The Hall–Kier alpha value is -3.03. The van der Waals surface area contributed by atoms with Crippen LogP contribution < -0.4 is 10.2 Å². The lowest BCUT2D eigenvalue weighted by atomic mass is 10.0. The maximum absolute atomic E-state index is 13.5. The Morgan fingerprint density at radius 1 is 1.09 bits per heavy atom.